The highest BCUT2D eigenvalue weighted by Crippen LogP contribution is 2.19. The molecule has 0 aliphatic rings. The molecule has 2 nitrogen and oxygen atoms in total. The minimum atomic E-state index is -1.00. The summed E-state index contributed by atoms with van der Waals surface area (Å²) in [6.07, 6.45) is 0.728. The molecule has 0 spiro atoms. The van der Waals surface area contributed by atoms with Crippen molar-refractivity contribution >= 4 is 27.3 Å². The van der Waals surface area contributed by atoms with Crippen molar-refractivity contribution in [2.75, 3.05) is 11.5 Å². The van der Waals surface area contributed by atoms with E-state index in [1.807, 2.05) is 60.7 Å². The molecule has 1 atom stereocenters. The summed E-state index contributed by atoms with van der Waals surface area (Å²) in [5.41, 5.74) is 7.75. The molecular formula is C18H17NOS. The first-order chi connectivity index (χ1) is 10.2. The first-order valence-corrected chi connectivity index (χ1v) is 8.26. The second kappa shape index (κ2) is 6.10. The second-order valence-electron chi connectivity index (χ2n) is 5.01. The van der Waals surface area contributed by atoms with E-state index in [1.165, 1.54) is 5.39 Å². The summed E-state index contributed by atoms with van der Waals surface area (Å²) in [4.78, 5) is 0.878. The van der Waals surface area contributed by atoms with E-state index in [0.717, 1.165) is 28.0 Å². The van der Waals surface area contributed by atoms with Gasteiger partial charge in [-0.25, -0.2) is 0 Å². The Labute approximate surface area is 127 Å². The largest absolute Gasteiger partial charge is 0.399 e. The Morgan fingerprint density at radius 2 is 1.57 bits per heavy atom. The fourth-order valence-electron chi connectivity index (χ4n) is 2.39. The van der Waals surface area contributed by atoms with Gasteiger partial charge in [-0.05, 0) is 41.0 Å². The predicted octanol–water partition coefficient (Wildman–Crippen LogP) is 3.77. The van der Waals surface area contributed by atoms with Crippen LogP contribution < -0.4 is 5.73 Å². The van der Waals surface area contributed by atoms with Crippen molar-refractivity contribution in [3.8, 4) is 0 Å². The molecule has 0 bridgehead atoms. The van der Waals surface area contributed by atoms with Crippen molar-refractivity contribution in [3.05, 3.63) is 72.3 Å². The molecule has 21 heavy (non-hydrogen) atoms. The number of rotatable bonds is 4. The monoisotopic (exact) mass is 295 g/mol. The summed E-state index contributed by atoms with van der Waals surface area (Å²) in [5, 5.41) is 2.30. The van der Waals surface area contributed by atoms with Gasteiger partial charge in [-0.2, -0.15) is 0 Å². The maximum absolute atomic E-state index is 12.4. The first kappa shape index (κ1) is 13.8. The Morgan fingerprint density at radius 3 is 2.38 bits per heavy atom. The molecule has 0 radical (unpaired) electrons. The zero-order chi connectivity index (χ0) is 14.7. The van der Waals surface area contributed by atoms with Gasteiger partial charge in [0.1, 0.15) is 0 Å². The van der Waals surface area contributed by atoms with Gasteiger partial charge in [0.25, 0.3) is 0 Å². The van der Waals surface area contributed by atoms with Crippen LogP contribution in [0.1, 0.15) is 5.56 Å². The lowest BCUT2D eigenvalue weighted by Crippen LogP contribution is -2.03. The molecule has 0 saturated carbocycles. The van der Waals surface area contributed by atoms with Crippen LogP contribution in [0.25, 0.3) is 10.8 Å². The lowest BCUT2D eigenvalue weighted by molar-refractivity contribution is 0.682. The van der Waals surface area contributed by atoms with Crippen molar-refractivity contribution < 1.29 is 4.21 Å². The fraction of sp³-hybridized carbons (Fsp3) is 0.111. The smallest absolute Gasteiger partial charge is 0.0533 e. The quantitative estimate of drug-likeness (QED) is 0.744. The lowest BCUT2D eigenvalue weighted by atomic mass is 10.1. The van der Waals surface area contributed by atoms with Crippen LogP contribution in [0.2, 0.25) is 0 Å². The second-order valence-corrected chi connectivity index (χ2v) is 6.58. The maximum atomic E-state index is 12.4. The molecule has 0 heterocycles. The molecule has 3 aromatic carbocycles. The summed E-state index contributed by atoms with van der Waals surface area (Å²) >= 11 is 0. The van der Waals surface area contributed by atoms with Crippen LogP contribution >= 0.6 is 0 Å². The molecule has 0 saturated heterocycles. The number of hydrogen-bond acceptors (Lipinski definition) is 2. The third kappa shape index (κ3) is 3.14. The van der Waals surface area contributed by atoms with Crippen LogP contribution in [0.5, 0.6) is 0 Å². The van der Waals surface area contributed by atoms with Gasteiger partial charge < -0.3 is 5.73 Å². The highest BCUT2D eigenvalue weighted by atomic mass is 32.2. The van der Waals surface area contributed by atoms with Crippen LogP contribution in [0.4, 0.5) is 5.69 Å². The van der Waals surface area contributed by atoms with E-state index < -0.39 is 10.8 Å². The molecule has 0 aliphatic carbocycles. The number of hydrogen-bond donors (Lipinski definition) is 1. The molecule has 0 aromatic heterocycles. The van der Waals surface area contributed by atoms with Gasteiger partial charge in [0.15, 0.2) is 0 Å². The number of anilines is 1. The average Bonchev–Trinajstić information content (AvgIpc) is 2.53. The van der Waals surface area contributed by atoms with Gasteiger partial charge in [-0.15, -0.1) is 0 Å². The molecule has 0 amide bonds. The van der Waals surface area contributed by atoms with Crippen LogP contribution in [-0.2, 0) is 17.2 Å². The minimum Gasteiger partial charge on any atom is -0.399 e. The van der Waals surface area contributed by atoms with Crippen molar-refractivity contribution in [2.45, 2.75) is 11.3 Å². The predicted molar refractivity (Wildman–Crippen MR) is 89.8 cm³/mol. The molecular weight excluding hydrogens is 278 g/mol. The standard InChI is InChI=1S/C18H17NOS/c19-18-8-4-3-6-15(18)11-12-21(20)17-10-9-14-5-1-2-7-16(14)13-17/h1-10,13H,11-12,19H2. The molecule has 1 unspecified atom stereocenters. The number of aryl methyl sites for hydroxylation is 1. The van der Waals surface area contributed by atoms with Gasteiger partial charge >= 0.3 is 0 Å². The Balaban J connectivity index is 1.76. The van der Waals surface area contributed by atoms with Gasteiger partial charge in [0.05, 0.1) is 10.8 Å². The molecule has 3 aromatic rings. The number of nitrogens with two attached hydrogens (primary N) is 1. The van der Waals surface area contributed by atoms with E-state index in [0.29, 0.717) is 5.75 Å². The Morgan fingerprint density at radius 1 is 0.857 bits per heavy atom. The Kier molecular flexibility index (Phi) is 4.02. The number of benzene rings is 3. The van der Waals surface area contributed by atoms with E-state index >= 15 is 0 Å². The zero-order valence-corrected chi connectivity index (χ0v) is 12.5. The van der Waals surface area contributed by atoms with Gasteiger partial charge in [-0.1, -0.05) is 48.5 Å². The number of para-hydroxylation sites is 1. The topological polar surface area (TPSA) is 43.1 Å². The van der Waals surface area contributed by atoms with E-state index in [1.54, 1.807) is 0 Å². The highest BCUT2D eigenvalue weighted by Gasteiger charge is 2.06. The lowest BCUT2D eigenvalue weighted by Gasteiger charge is -2.06. The highest BCUT2D eigenvalue weighted by molar-refractivity contribution is 7.85. The summed E-state index contributed by atoms with van der Waals surface area (Å²) in [7, 11) is -1.00. The van der Waals surface area contributed by atoms with E-state index in [9.17, 15) is 4.21 Å². The minimum absolute atomic E-state index is 0.590. The summed E-state index contributed by atoms with van der Waals surface area (Å²) in [6.45, 7) is 0. The van der Waals surface area contributed by atoms with E-state index in [2.05, 4.69) is 6.07 Å². The first-order valence-electron chi connectivity index (χ1n) is 6.94. The summed E-state index contributed by atoms with van der Waals surface area (Å²) in [5.74, 6) is 0.590. The molecule has 3 heteroatoms. The van der Waals surface area contributed by atoms with Crippen LogP contribution in [0, 0.1) is 0 Å². The molecule has 3 rings (SSSR count). The van der Waals surface area contributed by atoms with E-state index in [4.69, 9.17) is 5.73 Å². The van der Waals surface area contributed by atoms with Crippen molar-refractivity contribution in [1.29, 1.82) is 0 Å². The molecule has 106 valence electrons. The zero-order valence-electron chi connectivity index (χ0n) is 11.7. The van der Waals surface area contributed by atoms with Crippen molar-refractivity contribution in [1.82, 2.24) is 0 Å². The fourth-order valence-corrected chi connectivity index (χ4v) is 3.51. The Hall–Kier alpha value is -2.13. The molecule has 0 fully saturated rings. The van der Waals surface area contributed by atoms with Crippen LogP contribution in [0.15, 0.2) is 71.6 Å². The van der Waals surface area contributed by atoms with Gasteiger partial charge in [0.2, 0.25) is 0 Å². The van der Waals surface area contributed by atoms with Crippen LogP contribution in [-0.4, -0.2) is 9.96 Å². The van der Waals surface area contributed by atoms with Crippen molar-refractivity contribution in [2.24, 2.45) is 0 Å². The summed E-state index contributed by atoms with van der Waals surface area (Å²) < 4.78 is 12.4. The maximum Gasteiger partial charge on any atom is 0.0533 e. The third-order valence-electron chi connectivity index (χ3n) is 3.60. The van der Waals surface area contributed by atoms with Gasteiger partial charge in [0, 0.05) is 16.3 Å². The molecule has 0 aliphatic heterocycles. The van der Waals surface area contributed by atoms with Crippen LogP contribution in [0.3, 0.4) is 0 Å². The summed E-state index contributed by atoms with van der Waals surface area (Å²) in [6, 6.07) is 21.9. The Bertz CT molecular complexity index is 798. The number of fused-ring (bicyclic) bond motifs is 1. The van der Waals surface area contributed by atoms with Gasteiger partial charge in [-0.3, -0.25) is 4.21 Å². The SMILES string of the molecule is Nc1ccccc1CCS(=O)c1ccc2ccccc2c1. The third-order valence-corrected chi connectivity index (χ3v) is 4.95. The van der Waals surface area contributed by atoms with Crippen molar-refractivity contribution in [3.63, 3.8) is 0 Å². The van der Waals surface area contributed by atoms with E-state index in [-0.39, 0.29) is 0 Å². The molecule has 2 N–H and O–H groups in total. The normalized spacial score (nSPS) is 12.4. The number of nitrogen functional groups attached to an aromatic ring is 1. The average molecular weight is 295 g/mol.